The van der Waals surface area contributed by atoms with Gasteiger partial charge >= 0.3 is 5.97 Å². The number of hydrogen-bond donors (Lipinski definition) is 2. The molecule has 1 saturated heterocycles. The summed E-state index contributed by atoms with van der Waals surface area (Å²) in [4.78, 5) is 12.9. The topological polar surface area (TPSA) is 52.6 Å². The molecule has 2 unspecified atom stereocenters. The van der Waals surface area contributed by atoms with Crippen LogP contribution in [0.3, 0.4) is 0 Å². The van der Waals surface area contributed by atoms with Crippen molar-refractivity contribution in [2.24, 2.45) is 0 Å². The van der Waals surface area contributed by atoms with Crippen molar-refractivity contribution in [3.63, 3.8) is 0 Å². The number of piperazine rings is 1. The summed E-state index contributed by atoms with van der Waals surface area (Å²) in [5, 5.41) is 12.1. The molecule has 82 valence electrons. The highest BCUT2D eigenvalue weighted by Crippen LogP contribution is 2.13. The van der Waals surface area contributed by atoms with Gasteiger partial charge in [-0.2, -0.15) is 0 Å². The van der Waals surface area contributed by atoms with Crippen LogP contribution in [0.15, 0.2) is 0 Å². The van der Waals surface area contributed by atoms with Crippen LogP contribution in [0.2, 0.25) is 0 Å². The molecule has 0 radical (unpaired) electrons. The third kappa shape index (κ3) is 2.96. The molecular formula is C10H20N2O2. The Bertz CT molecular complexity index is 206. The van der Waals surface area contributed by atoms with Gasteiger partial charge in [-0.15, -0.1) is 0 Å². The second-order valence-electron chi connectivity index (χ2n) is 4.35. The lowest BCUT2D eigenvalue weighted by Gasteiger charge is -2.41. The molecule has 0 saturated carbocycles. The number of carboxylic acids is 1. The van der Waals surface area contributed by atoms with E-state index in [1.54, 1.807) is 0 Å². The molecule has 1 fully saturated rings. The van der Waals surface area contributed by atoms with Crippen LogP contribution in [0.5, 0.6) is 0 Å². The van der Waals surface area contributed by atoms with Crippen LogP contribution < -0.4 is 5.32 Å². The van der Waals surface area contributed by atoms with Gasteiger partial charge in [-0.05, 0) is 20.8 Å². The maximum absolute atomic E-state index is 10.7. The van der Waals surface area contributed by atoms with E-state index in [0.717, 1.165) is 13.1 Å². The van der Waals surface area contributed by atoms with E-state index in [0.29, 0.717) is 12.1 Å². The maximum Gasteiger partial charge on any atom is 0.304 e. The number of aliphatic carboxylic acids is 1. The van der Waals surface area contributed by atoms with E-state index in [1.165, 1.54) is 0 Å². The summed E-state index contributed by atoms with van der Waals surface area (Å²) in [5.41, 5.74) is 0. The molecule has 1 rings (SSSR count). The molecule has 0 aliphatic carbocycles. The molecule has 0 bridgehead atoms. The van der Waals surface area contributed by atoms with Crippen molar-refractivity contribution in [3.8, 4) is 0 Å². The number of nitrogens with zero attached hydrogens (tertiary/aromatic N) is 1. The molecule has 4 nitrogen and oxygen atoms in total. The standard InChI is InChI=1S/C10H20N2O2/c1-7(2)12-6-8(3)11-5-9(12)4-10(13)14/h7-9,11H,4-6H2,1-3H3,(H,13,14). The van der Waals surface area contributed by atoms with Crippen molar-refractivity contribution in [2.45, 2.75) is 45.3 Å². The lowest BCUT2D eigenvalue weighted by atomic mass is 10.0. The minimum Gasteiger partial charge on any atom is -0.481 e. The van der Waals surface area contributed by atoms with Crippen LogP contribution in [0.25, 0.3) is 0 Å². The largest absolute Gasteiger partial charge is 0.481 e. The number of hydrogen-bond acceptors (Lipinski definition) is 3. The quantitative estimate of drug-likeness (QED) is 0.698. The predicted molar refractivity (Wildman–Crippen MR) is 55.3 cm³/mol. The van der Waals surface area contributed by atoms with E-state index in [-0.39, 0.29) is 12.5 Å². The van der Waals surface area contributed by atoms with Crippen molar-refractivity contribution < 1.29 is 9.90 Å². The zero-order valence-electron chi connectivity index (χ0n) is 9.16. The number of nitrogens with one attached hydrogen (secondary N) is 1. The minimum atomic E-state index is -0.711. The number of carbonyl (C=O) groups is 1. The Labute approximate surface area is 85.3 Å². The van der Waals surface area contributed by atoms with Crippen LogP contribution in [-0.2, 0) is 4.79 Å². The SMILES string of the molecule is CC1CN(C(C)C)C(CC(=O)O)CN1. The molecule has 2 atom stereocenters. The third-order valence-electron chi connectivity index (χ3n) is 2.73. The third-order valence-corrected chi connectivity index (χ3v) is 2.73. The smallest absolute Gasteiger partial charge is 0.304 e. The van der Waals surface area contributed by atoms with Gasteiger partial charge in [-0.1, -0.05) is 0 Å². The Morgan fingerprint density at radius 1 is 1.64 bits per heavy atom. The fourth-order valence-electron chi connectivity index (χ4n) is 2.01. The van der Waals surface area contributed by atoms with Crippen LogP contribution in [0, 0.1) is 0 Å². The molecule has 0 spiro atoms. The highest BCUT2D eigenvalue weighted by molar-refractivity contribution is 5.67. The van der Waals surface area contributed by atoms with E-state index in [2.05, 4.69) is 31.0 Å². The van der Waals surface area contributed by atoms with Gasteiger partial charge < -0.3 is 10.4 Å². The monoisotopic (exact) mass is 200 g/mol. The molecular weight excluding hydrogens is 180 g/mol. The van der Waals surface area contributed by atoms with Crippen LogP contribution in [-0.4, -0.2) is 47.2 Å². The molecule has 0 aromatic heterocycles. The average Bonchev–Trinajstić information content (AvgIpc) is 2.07. The summed E-state index contributed by atoms with van der Waals surface area (Å²) >= 11 is 0. The molecule has 1 aliphatic rings. The first-order valence-corrected chi connectivity index (χ1v) is 5.21. The van der Waals surface area contributed by atoms with E-state index in [4.69, 9.17) is 5.11 Å². The summed E-state index contributed by atoms with van der Waals surface area (Å²) in [5.74, 6) is -0.711. The molecule has 4 heteroatoms. The molecule has 1 heterocycles. The molecule has 2 N–H and O–H groups in total. The fourth-order valence-corrected chi connectivity index (χ4v) is 2.01. The summed E-state index contributed by atoms with van der Waals surface area (Å²) in [6.45, 7) is 8.09. The fraction of sp³-hybridized carbons (Fsp3) is 0.900. The van der Waals surface area contributed by atoms with E-state index < -0.39 is 5.97 Å². The Morgan fingerprint density at radius 2 is 2.29 bits per heavy atom. The molecule has 0 aromatic rings. The van der Waals surface area contributed by atoms with Crippen molar-refractivity contribution in [3.05, 3.63) is 0 Å². The molecule has 0 amide bonds. The summed E-state index contributed by atoms with van der Waals surface area (Å²) < 4.78 is 0. The highest BCUT2D eigenvalue weighted by atomic mass is 16.4. The van der Waals surface area contributed by atoms with Gasteiger partial charge in [-0.3, -0.25) is 9.69 Å². The number of carboxylic acid groups (broad SMARTS) is 1. The van der Waals surface area contributed by atoms with Crippen LogP contribution >= 0.6 is 0 Å². The van der Waals surface area contributed by atoms with Gasteiger partial charge in [0.25, 0.3) is 0 Å². The predicted octanol–water partition coefficient (Wildman–Crippen LogP) is 0.532. The van der Waals surface area contributed by atoms with Crippen molar-refractivity contribution in [1.82, 2.24) is 10.2 Å². The minimum absolute atomic E-state index is 0.142. The van der Waals surface area contributed by atoms with Crippen LogP contribution in [0.4, 0.5) is 0 Å². The molecule has 0 aromatic carbocycles. The van der Waals surface area contributed by atoms with E-state index >= 15 is 0 Å². The Morgan fingerprint density at radius 3 is 2.79 bits per heavy atom. The first kappa shape index (κ1) is 11.5. The van der Waals surface area contributed by atoms with Crippen molar-refractivity contribution >= 4 is 5.97 Å². The lowest BCUT2D eigenvalue weighted by Crippen LogP contribution is -2.58. The van der Waals surface area contributed by atoms with Gasteiger partial charge in [-0.25, -0.2) is 0 Å². The Balaban J connectivity index is 2.58. The second-order valence-corrected chi connectivity index (χ2v) is 4.35. The summed E-state index contributed by atoms with van der Waals surface area (Å²) in [6, 6.07) is 1.02. The second kappa shape index (κ2) is 4.75. The van der Waals surface area contributed by atoms with Gasteiger partial charge in [0, 0.05) is 31.2 Å². The van der Waals surface area contributed by atoms with Gasteiger partial charge in [0.1, 0.15) is 0 Å². The van der Waals surface area contributed by atoms with Crippen molar-refractivity contribution in [2.75, 3.05) is 13.1 Å². The number of rotatable bonds is 3. The highest BCUT2D eigenvalue weighted by Gasteiger charge is 2.28. The Kier molecular flexibility index (Phi) is 3.89. The summed E-state index contributed by atoms with van der Waals surface area (Å²) in [7, 11) is 0. The Hall–Kier alpha value is -0.610. The maximum atomic E-state index is 10.7. The van der Waals surface area contributed by atoms with Gasteiger partial charge in [0.05, 0.1) is 6.42 Å². The normalized spacial score (nSPS) is 29.4. The van der Waals surface area contributed by atoms with E-state index in [9.17, 15) is 4.79 Å². The molecule has 14 heavy (non-hydrogen) atoms. The first-order chi connectivity index (χ1) is 6.50. The van der Waals surface area contributed by atoms with E-state index in [1.807, 2.05) is 0 Å². The van der Waals surface area contributed by atoms with Crippen LogP contribution in [0.1, 0.15) is 27.2 Å². The lowest BCUT2D eigenvalue weighted by molar-refractivity contribution is -0.138. The zero-order chi connectivity index (χ0) is 10.7. The zero-order valence-corrected chi connectivity index (χ0v) is 9.16. The average molecular weight is 200 g/mol. The first-order valence-electron chi connectivity index (χ1n) is 5.21. The van der Waals surface area contributed by atoms with Gasteiger partial charge in [0.15, 0.2) is 0 Å². The molecule has 1 aliphatic heterocycles. The van der Waals surface area contributed by atoms with Crippen molar-refractivity contribution in [1.29, 1.82) is 0 Å². The van der Waals surface area contributed by atoms with Gasteiger partial charge in [0.2, 0.25) is 0 Å². The summed E-state index contributed by atoms with van der Waals surface area (Å²) in [6.07, 6.45) is 0.234.